The number of aromatic nitrogens is 4. The van der Waals surface area contributed by atoms with E-state index in [9.17, 15) is 4.79 Å². The van der Waals surface area contributed by atoms with Crippen LogP contribution in [0.1, 0.15) is 25.0 Å². The number of carbonyl (C=O) groups is 1. The van der Waals surface area contributed by atoms with Crippen LogP contribution in [0.4, 0.5) is 5.69 Å². The number of nitrogens with one attached hydrogen (secondary N) is 1. The Morgan fingerprint density at radius 3 is 2.82 bits per heavy atom. The van der Waals surface area contributed by atoms with E-state index in [4.69, 9.17) is 4.74 Å². The van der Waals surface area contributed by atoms with Gasteiger partial charge in [-0.15, -0.1) is 5.10 Å². The van der Waals surface area contributed by atoms with E-state index in [1.165, 1.54) is 11.8 Å². The Labute approximate surface area is 168 Å². The fourth-order valence-corrected chi connectivity index (χ4v) is 3.45. The third kappa shape index (κ3) is 4.51. The second-order valence-corrected chi connectivity index (χ2v) is 7.65. The van der Waals surface area contributed by atoms with Crippen molar-refractivity contribution in [1.29, 1.82) is 0 Å². The van der Waals surface area contributed by atoms with Crippen molar-refractivity contribution in [3.63, 3.8) is 0 Å². The maximum Gasteiger partial charge on any atom is 0.237 e. The lowest BCUT2D eigenvalue weighted by Gasteiger charge is -2.15. The number of aryl methyl sites for hydroxylation is 2. The molecule has 1 heterocycles. The second kappa shape index (κ2) is 8.88. The van der Waals surface area contributed by atoms with Crippen LogP contribution in [-0.2, 0) is 4.79 Å². The fraction of sp³-hybridized carbons (Fsp3) is 0.300. The highest BCUT2D eigenvalue weighted by Crippen LogP contribution is 2.28. The number of rotatable bonds is 7. The monoisotopic (exact) mass is 397 g/mol. The van der Waals surface area contributed by atoms with Crippen molar-refractivity contribution in [1.82, 2.24) is 20.2 Å². The Bertz CT molecular complexity index is 973. The minimum Gasteiger partial charge on any atom is -0.492 e. The molecule has 0 bridgehead atoms. The predicted octanol–water partition coefficient (Wildman–Crippen LogP) is 3.80. The SMILES string of the molecule is CCOc1ccccc1NC(=O)[C@H](C)Sc1nnnn1-c1cc(C)ccc1C. The first-order valence-corrected chi connectivity index (χ1v) is 9.93. The van der Waals surface area contributed by atoms with Gasteiger partial charge in [0.1, 0.15) is 5.75 Å². The molecule has 0 aliphatic heterocycles. The van der Waals surface area contributed by atoms with E-state index in [2.05, 4.69) is 20.8 Å². The van der Waals surface area contributed by atoms with Crippen molar-refractivity contribution in [2.24, 2.45) is 0 Å². The van der Waals surface area contributed by atoms with Gasteiger partial charge in [0, 0.05) is 0 Å². The van der Waals surface area contributed by atoms with Gasteiger partial charge in [-0.25, -0.2) is 0 Å². The zero-order valence-electron chi connectivity index (χ0n) is 16.3. The summed E-state index contributed by atoms with van der Waals surface area (Å²) < 4.78 is 7.24. The quantitative estimate of drug-likeness (QED) is 0.611. The van der Waals surface area contributed by atoms with Gasteiger partial charge < -0.3 is 10.1 Å². The third-order valence-electron chi connectivity index (χ3n) is 4.13. The maximum absolute atomic E-state index is 12.7. The molecule has 0 spiro atoms. The molecule has 7 nitrogen and oxygen atoms in total. The van der Waals surface area contributed by atoms with Gasteiger partial charge in [0.25, 0.3) is 0 Å². The lowest BCUT2D eigenvalue weighted by atomic mass is 10.1. The van der Waals surface area contributed by atoms with Crippen molar-refractivity contribution in [2.75, 3.05) is 11.9 Å². The molecular formula is C20H23N5O2S. The molecule has 3 aromatic rings. The topological polar surface area (TPSA) is 81.9 Å². The Kier molecular flexibility index (Phi) is 6.30. The number of benzene rings is 2. The number of carbonyl (C=O) groups excluding carboxylic acids is 1. The summed E-state index contributed by atoms with van der Waals surface area (Å²) in [6, 6.07) is 13.5. The number of nitrogens with zero attached hydrogens (tertiary/aromatic N) is 4. The summed E-state index contributed by atoms with van der Waals surface area (Å²) in [5.74, 6) is 0.503. The highest BCUT2D eigenvalue weighted by molar-refractivity contribution is 8.00. The molecule has 0 aliphatic carbocycles. The number of amides is 1. The Hall–Kier alpha value is -2.87. The lowest BCUT2D eigenvalue weighted by molar-refractivity contribution is -0.115. The van der Waals surface area contributed by atoms with Gasteiger partial charge in [-0.2, -0.15) is 4.68 Å². The summed E-state index contributed by atoms with van der Waals surface area (Å²) in [7, 11) is 0. The first-order chi connectivity index (χ1) is 13.5. The van der Waals surface area contributed by atoms with Crippen LogP contribution in [0.25, 0.3) is 5.69 Å². The molecule has 0 radical (unpaired) electrons. The van der Waals surface area contributed by atoms with Gasteiger partial charge in [-0.05, 0) is 67.4 Å². The summed E-state index contributed by atoms with van der Waals surface area (Å²) in [6.07, 6.45) is 0. The second-order valence-electron chi connectivity index (χ2n) is 6.34. The van der Waals surface area contributed by atoms with Crippen LogP contribution in [0.5, 0.6) is 5.75 Å². The number of hydrogen-bond donors (Lipinski definition) is 1. The van der Waals surface area contributed by atoms with Crippen LogP contribution in [0.3, 0.4) is 0 Å². The van der Waals surface area contributed by atoms with Gasteiger partial charge in [0.2, 0.25) is 11.1 Å². The van der Waals surface area contributed by atoms with E-state index in [1.807, 2.05) is 70.2 Å². The third-order valence-corrected chi connectivity index (χ3v) is 5.16. The van der Waals surface area contributed by atoms with Crippen molar-refractivity contribution >= 4 is 23.4 Å². The summed E-state index contributed by atoms with van der Waals surface area (Å²) >= 11 is 1.31. The molecule has 28 heavy (non-hydrogen) atoms. The molecule has 1 amide bonds. The average molecular weight is 398 g/mol. The van der Waals surface area contributed by atoms with E-state index < -0.39 is 5.25 Å². The molecule has 1 N–H and O–H groups in total. The number of hydrogen-bond acceptors (Lipinski definition) is 6. The van der Waals surface area contributed by atoms with Crippen molar-refractivity contribution in [3.05, 3.63) is 53.6 Å². The molecule has 2 aromatic carbocycles. The molecular weight excluding hydrogens is 374 g/mol. The summed E-state index contributed by atoms with van der Waals surface area (Å²) in [5.41, 5.74) is 3.73. The molecule has 0 fully saturated rings. The van der Waals surface area contributed by atoms with Crippen LogP contribution >= 0.6 is 11.8 Å². The van der Waals surface area contributed by atoms with Gasteiger partial charge in [-0.1, -0.05) is 36.0 Å². The summed E-state index contributed by atoms with van der Waals surface area (Å²) in [4.78, 5) is 12.7. The van der Waals surface area contributed by atoms with E-state index in [-0.39, 0.29) is 5.91 Å². The van der Waals surface area contributed by atoms with Crippen LogP contribution in [0.15, 0.2) is 47.6 Å². The first kappa shape index (κ1) is 19.9. The molecule has 0 saturated heterocycles. The fourth-order valence-electron chi connectivity index (χ4n) is 2.65. The van der Waals surface area contributed by atoms with Crippen molar-refractivity contribution in [2.45, 2.75) is 38.1 Å². The lowest BCUT2D eigenvalue weighted by Crippen LogP contribution is -2.23. The Balaban J connectivity index is 1.76. The zero-order valence-corrected chi connectivity index (χ0v) is 17.2. The Morgan fingerprint density at radius 2 is 2.04 bits per heavy atom. The summed E-state index contributed by atoms with van der Waals surface area (Å²) in [5, 5.41) is 15.1. The highest BCUT2D eigenvalue weighted by atomic mass is 32.2. The minimum absolute atomic E-state index is 0.146. The number of thioether (sulfide) groups is 1. The number of anilines is 1. The molecule has 1 atom stereocenters. The number of tetrazole rings is 1. The van der Waals surface area contributed by atoms with Crippen LogP contribution in [0.2, 0.25) is 0 Å². The molecule has 0 saturated carbocycles. The van der Waals surface area contributed by atoms with Gasteiger partial charge in [0.05, 0.1) is 23.2 Å². The zero-order chi connectivity index (χ0) is 20.1. The Morgan fingerprint density at radius 1 is 1.25 bits per heavy atom. The van der Waals surface area contributed by atoms with Gasteiger partial charge in [-0.3, -0.25) is 4.79 Å². The maximum atomic E-state index is 12.7. The van der Waals surface area contributed by atoms with E-state index in [1.54, 1.807) is 4.68 Å². The first-order valence-electron chi connectivity index (χ1n) is 9.05. The van der Waals surface area contributed by atoms with Gasteiger partial charge >= 0.3 is 0 Å². The number of ether oxygens (including phenoxy) is 1. The molecule has 8 heteroatoms. The van der Waals surface area contributed by atoms with E-state index in [0.717, 1.165) is 16.8 Å². The van der Waals surface area contributed by atoms with Crippen molar-refractivity contribution < 1.29 is 9.53 Å². The highest BCUT2D eigenvalue weighted by Gasteiger charge is 2.21. The van der Waals surface area contributed by atoms with Crippen LogP contribution < -0.4 is 10.1 Å². The molecule has 1 aromatic heterocycles. The predicted molar refractivity (Wildman–Crippen MR) is 110 cm³/mol. The average Bonchev–Trinajstić information content (AvgIpc) is 3.13. The standard InChI is InChI=1S/C20H23N5O2S/c1-5-27-18-9-7-6-8-16(18)21-19(26)15(4)28-20-22-23-24-25(20)17-12-13(2)10-11-14(17)3/h6-12,15H,5H2,1-4H3,(H,21,26)/t15-/m0/s1. The molecule has 0 unspecified atom stereocenters. The minimum atomic E-state index is -0.399. The van der Waals surface area contributed by atoms with Crippen molar-refractivity contribution in [3.8, 4) is 11.4 Å². The van der Waals surface area contributed by atoms with E-state index in [0.29, 0.717) is 23.2 Å². The summed E-state index contributed by atoms with van der Waals surface area (Å²) in [6.45, 7) is 8.29. The molecule has 0 aliphatic rings. The molecule has 146 valence electrons. The normalized spacial score (nSPS) is 11.9. The number of para-hydroxylation sites is 2. The van der Waals surface area contributed by atoms with Gasteiger partial charge in [0.15, 0.2) is 0 Å². The molecule has 3 rings (SSSR count). The van der Waals surface area contributed by atoms with E-state index >= 15 is 0 Å². The largest absolute Gasteiger partial charge is 0.492 e. The van der Waals surface area contributed by atoms with Crippen LogP contribution in [-0.4, -0.2) is 38.0 Å². The smallest absolute Gasteiger partial charge is 0.237 e. The van der Waals surface area contributed by atoms with Crippen LogP contribution in [0, 0.1) is 13.8 Å².